The molecule has 2 aromatic heterocycles. The molecule has 8 heteroatoms. The maximum absolute atomic E-state index is 13.2. The second-order valence-electron chi connectivity index (χ2n) is 6.83. The highest BCUT2D eigenvalue weighted by atomic mass is 16.7. The lowest BCUT2D eigenvalue weighted by Crippen LogP contribution is -2.20. The summed E-state index contributed by atoms with van der Waals surface area (Å²) in [5, 5.41) is 10.5. The van der Waals surface area contributed by atoms with Crippen LogP contribution in [0.5, 0.6) is 17.2 Å². The third-order valence-corrected chi connectivity index (χ3v) is 5.22. The molecule has 0 saturated heterocycles. The molecular weight excluding hydrogens is 388 g/mol. The maximum Gasteiger partial charge on any atom is 0.511 e. The van der Waals surface area contributed by atoms with Crippen LogP contribution in [0.3, 0.4) is 0 Å². The fourth-order valence-electron chi connectivity index (χ4n) is 3.85. The second kappa shape index (κ2) is 7.14. The van der Waals surface area contributed by atoms with Crippen LogP contribution in [-0.2, 0) is 14.1 Å². The van der Waals surface area contributed by atoms with Crippen molar-refractivity contribution in [3.63, 3.8) is 0 Å². The average Bonchev–Trinajstić information content (AvgIpc) is 3.01. The number of aryl methyl sites for hydroxylation is 2. The van der Waals surface area contributed by atoms with E-state index < -0.39 is 6.16 Å². The number of aromatic nitrogens is 2. The van der Waals surface area contributed by atoms with Gasteiger partial charge in [-0.05, 0) is 36.4 Å². The minimum Gasteiger partial charge on any atom is -0.497 e. The van der Waals surface area contributed by atoms with Gasteiger partial charge in [-0.3, -0.25) is 9.36 Å². The summed E-state index contributed by atoms with van der Waals surface area (Å²) in [6, 6.07) is 12.1. The third-order valence-electron chi connectivity index (χ3n) is 5.22. The van der Waals surface area contributed by atoms with Crippen molar-refractivity contribution in [2.24, 2.45) is 14.1 Å². The van der Waals surface area contributed by atoms with Crippen LogP contribution >= 0.6 is 0 Å². The number of fused-ring (bicyclic) bond motifs is 3. The molecule has 0 unspecified atom stereocenters. The first-order chi connectivity index (χ1) is 14.3. The van der Waals surface area contributed by atoms with E-state index in [0.29, 0.717) is 28.3 Å². The molecule has 2 aromatic carbocycles. The summed E-state index contributed by atoms with van der Waals surface area (Å²) in [5.41, 5.74) is 2.46. The number of ether oxygens (including phenoxy) is 3. The molecule has 0 spiro atoms. The third kappa shape index (κ3) is 2.93. The quantitative estimate of drug-likeness (QED) is 0.408. The zero-order chi connectivity index (χ0) is 21.6. The van der Waals surface area contributed by atoms with Crippen LogP contribution < -0.4 is 19.8 Å². The molecule has 4 rings (SSSR count). The van der Waals surface area contributed by atoms with Gasteiger partial charge in [-0.2, -0.15) is 0 Å². The lowest BCUT2D eigenvalue weighted by Gasteiger charge is -2.12. The summed E-state index contributed by atoms with van der Waals surface area (Å²) >= 11 is 0. The molecular formula is C22H20N2O6. The van der Waals surface area contributed by atoms with Crippen LogP contribution in [-0.4, -0.2) is 34.6 Å². The van der Waals surface area contributed by atoms with E-state index in [0.717, 1.165) is 16.3 Å². The van der Waals surface area contributed by atoms with E-state index in [9.17, 15) is 9.59 Å². The van der Waals surface area contributed by atoms with E-state index in [-0.39, 0.29) is 11.3 Å². The second-order valence-corrected chi connectivity index (χ2v) is 6.83. The number of carbonyl (C=O) groups is 1. The molecule has 0 saturated carbocycles. The molecule has 1 N–H and O–H groups in total. The van der Waals surface area contributed by atoms with Crippen molar-refractivity contribution < 1.29 is 24.1 Å². The first-order valence-corrected chi connectivity index (χ1v) is 9.11. The Kier molecular flexibility index (Phi) is 4.62. The number of benzene rings is 2. The van der Waals surface area contributed by atoms with Gasteiger partial charge < -0.3 is 23.9 Å². The van der Waals surface area contributed by atoms with E-state index >= 15 is 0 Å². The molecule has 0 amide bonds. The number of pyridine rings is 1. The molecule has 0 radical (unpaired) electrons. The smallest absolute Gasteiger partial charge is 0.497 e. The zero-order valence-corrected chi connectivity index (χ0v) is 16.9. The number of hydrogen-bond donors (Lipinski definition) is 1. The highest BCUT2D eigenvalue weighted by Gasteiger charge is 2.19. The summed E-state index contributed by atoms with van der Waals surface area (Å²) in [4.78, 5) is 24.1. The molecule has 30 heavy (non-hydrogen) atoms. The largest absolute Gasteiger partial charge is 0.511 e. The Morgan fingerprint density at radius 3 is 2.27 bits per heavy atom. The molecule has 0 aliphatic carbocycles. The van der Waals surface area contributed by atoms with Crippen molar-refractivity contribution in [1.82, 2.24) is 9.13 Å². The van der Waals surface area contributed by atoms with Crippen LogP contribution in [0, 0.1) is 0 Å². The van der Waals surface area contributed by atoms with Gasteiger partial charge >= 0.3 is 6.16 Å². The van der Waals surface area contributed by atoms with Crippen molar-refractivity contribution in [3.8, 4) is 28.4 Å². The Morgan fingerprint density at radius 2 is 1.60 bits per heavy atom. The number of rotatable bonds is 4. The molecule has 4 aromatic rings. The Balaban J connectivity index is 2.06. The Labute approximate surface area is 171 Å². The lowest BCUT2D eigenvalue weighted by molar-refractivity contribution is 0.144. The molecule has 0 aliphatic rings. The van der Waals surface area contributed by atoms with Crippen molar-refractivity contribution >= 4 is 28.1 Å². The first kappa shape index (κ1) is 19.4. The fourth-order valence-corrected chi connectivity index (χ4v) is 3.85. The van der Waals surface area contributed by atoms with Gasteiger partial charge in [0.05, 0.1) is 25.3 Å². The van der Waals surface area contributed by atoms with Gasteiger partial charge in [-0.25, -0.2) is 4.79 Å². The van der Waals surface area contributed by atoms with Crippen LogP contribution in [0.25, 0.3) is 33.1 Å². The van der Waals surface area contributed by atoms with Crippen LogP contribution in [0.4, 0.5) is 4.79 Å². The van der Waals surface area contributed by atoms with Gasteiger partial charge in [0.1, 0.15) is 22.9 Å². The molecule has 154 valence electrons. The fraction of sp³-hybridized carbons (Fsp3) is 0.182. The van der Waals surface area contributed by atoms with Crippen molar-refractivity contribution in [2.45, 2.75) is 0 Å². The monoisotopic (exact) mass is 408 g/mol. The van der Waals surface area contributed by atoms with Gasteiger partial charge in [0.25, 0.3) is 5.56 Å². The molecule has 0 aliphatic heterocycles. The highest BCUT2D eigenvalue weighted by molar-refractivity contribution is 6.08. The molecule has 0 fully saturated rings. The summed E-state index contributed by atoms with van der Waals surface area (Å²) in [5.74, 6) is 1.34. The van der Waals surface area contributed by atoms with Crippen molar-refractivity contribution in [1.29, 1.82) is 0 Å². The van der Waals surface area contributed by atoms with E-state index in [1.165, 1.54) is 7.11 Å². The summed E-state index contributed by atoms with van der Waals surface area (Å²) < 4.78 is 19.0. The molecule has 8 nitrogen and oxygen atoms in total. The number of methoxy groups -OCH3 is 2. The summed E-state index contributed by atoms with van der Waals surface area (Å²) in [7, 11) is 6.66. The van der Waals surface area contributed by atoms with Gasteiger partial charge in [-0.1, -0.05) is 0 Å². The maximum atomic E-state index is 13.2. The molecule has 2 heterocycles. The van der Waals surface area contributed by atoms with Crippen molar-refractivity contribution in [3.05, 3.63) is 52.8 Å². The molecule has 0 bridgehead atoms. The van der Waals surface area contributed by atoms with Crippen LogP contribution in [0.1, 0.15) is 0 Å². The van der Waals surface area contributed by atoms with E-state index in [1.807, 2.05) is 11.6 Å². The van der Waals surface area contributed by atoms with Crippen LogP contribution in [0.2, 0.25) is 0 Å². The predicted molar refractivity (Wildman–Crippen MR) is 113 cm³/mol. The van der Waals surface area contributed by atoms with Crippen molar-refractivity contribution in [2.75, 3.05) is 14.2 Å². The van der Waals surface area contributed by atoms with E-state index in [1.54, 1.807) is 61.2 Å². The number of nitrogens with zero attached hydrogens (tertiary/aromatic N) is 2. The van der Waals surface area contributed by atoms with E-state index in [2.05, 4.69) is 0 Å². The molecule has 0 atom stereocenters. The summed E-state index contributed by atoms with van der Waals surface area (Å²) in [6.45, 7) is 0. The Hall–Kier alpha value is -3.94. The zero-order valence-electron chi connectivity index (χ0n) is 16.9. The SMILES string of the molecule is COc1ccc(-c2cc3c4cc(OC(=O)O)ccc4n(C)c3n(C)c2=O)c(OC)c1. The van der Waals surface area contributed by atoms with Gasteiger partial charge in [-0.15, -0.1) is 0 Å². The minimum absolute atomic E-state index is 0.182. The lowest BCUT2D eigenvalue weighted by atomic mass is 10.0. The normalized spacial score (nSPS) is 11.1. The Bertz CT molecular complexity index is 1370. The number of carboxylic acid groups (broad SMARTS) is 1. The average molecular weight is 408 g/mol. The van der Waals surface area contributed by atoms with Gasteiger partial charge in [0, 0.05) is 36.5 Å². The number of hydrogen-bond acceptors (Lipinski definition) is 5. The highest BCUT2D eigenvalue weighted by Crippen LogP contribution is 2.36. The van der Waals surface area contributed by atoms with E-state index in [4.69, 9.17) is 19.3 Å². The predicted octanol–water partition coefficient (Wildman–Crippen LogP) is 3.77. The minimum atomic E-state index is -1.38. The Morgan fingerprint density at radius 1 is 0.867 bits per heavy atom. The van der Waals surface area contributed by atoms with Gasteiger partial charge in [0.2, 0.25) is 0 Å². The van der Waals surface area contributed by atoms with Crippen LogP contribution in [0.15, 0.2) is 47.3 Å². The standard InChI is InChI=1S/C22H20N2O6/c1-23-18-8-6-13(30-22(26)27)9-15(18)16-11-17(21(25)24(2)20(16)23)14-7-5-12(28-3)10-19(14)29-4/h5-11H,1-4H3,(H,26,27). The summed E-state index contributed by atoms with van der Waals surface area (Å²) in [6.07, 6.45) is -1.38. The first-order valence-electron chi connectivity index (χ1n) is 9.11. The van der Waals surface area contributed by atoms with Gasteiger partial charge in [0.15, 0.2) is 0 Å². The topological polar surface area (TPSA) is 91.9 Å².